The Bertz CT molecular complexity index is 982. The molecular weight excluding hydrogens is 346 g/mol. The molecule has 0 saturated carbocycles. The van der Waals surface area contributed by atoms with Gasteiger partial charge in [0.1, 0.15) is 5.82 Å². The molecule has 1 aliphatic carbocycles. The first-order chi connectivity index (χ1) is 12.7. The van der Waals surface area contributed by atoms with E-state index in [1.807, 2.05) is 30.3 Å². The zero-order valence-electron chi connectivity index (χ0n) is 14.5. The number of hydrogen-bond donors (Lipinski definition) is 3. The average Bonchev–Trinajstić information content (AvgIpc) is 3.04. The maximum absolute atomic E-state index is 12.1. The van der Waals surface area contributed by atoms with Crippen LogP contribution in [0.3, 0.4) is 0 Å². The van der Waals surface area contributed by atoms with Gasteiger partial charge in [-0.3, -0.25) is 4.79 Å². The summed E-state index contributed by atoms with van der Waals surface area (Å²) in [7, 11) is 0. The quantitative estimate of drug-likeness (QED) is 0.570. The largest absolute Gasteiger partial charge is 0.371 e. The highest BCUT2D eigenvalue weighted by molar-refractivity contribution is 6.30. The SMILES string of the molecule is O=c1cc(NCCCNC2CCc3ccc(Cl)cc32)[nH]c2ccccc12. The summed E-state index contributed by atoms with van der Waals surface area (Å²) < 4.78 is 0. The molecule has 0 saturated heterocycles. The van der Waals surface area contributed by atoms with E-state index in [1.165, 1.54) is 11.1 Å². The van der Waals surface area contributed by atoms with Crippen LogP contribution >= 0.6 is 11.6 Å². The Morgan fingerprint density at radius 2 is 2.00 bits per heavy atom. The third kappa shape index (κ3) is 3.62. The maximum atomic E-state index is 12.1. The fourth-order valence-electron chi connectivity index (χ4n) is 3.67. The highest BCUT2D eigenvalue weighted by Gasteiger charge is 2.21. The van der Waals surface area contributed by atoms with Crippen LogP contribution in [0.4, 0.5) is 5.82 Å². The topological polar surface area (TPSA) is 56.9 Å². The molecule has 2 aromatic carbocycles. The molecule has 1 aromatic heterocycles. The third-order valence-corrected chi connectivity index (χ3v) is 5.22. The minimum absolute atomic E-state index is 0.0411. The van der Waals surface area contributed by atoms with Crippen molar-refractivity contribution in [2.24, 2.45) is 0 Å². The van der Waals surface area contributed by atoms with Gasteiger partial charge in [0.25, 0.3) is 0 Å². The molecule has 3 N–H and O–H groups in total. The van der Waals surface area contributed by atoms with Crippen LogP contribution in [-0.2, 0) is 6.42 Å². The van der Waals surface area contributed by atoms with Crippen molar-refractivity contribution in [3.63, 3.8) is 0 Å². The molecule has 0 aliphatic heterocycles. The van der Waals surface area contributed by atoms with Crippen molar-refractivity contribution in [1.82, 2.24) is 10.3 Å². The molecule has 4 nitrogen and oxygen atoms in total. The molecule has 1 heterocycles. The smallest absolute Gasteiger partial charge is 0.191 e. The van der Waals surface area contributed by atoms with Crippen molar-refractivity contribution in [3.8, 4) is 0 Å². The van der Waals surface area contributed by atoms with Crippen molar-refractivity contribution < 1.29 is 0 Å². The Hall–Kier alpha value is -2.30. The lowest BCUT2D eigenvalue weighted by atomic mass is 10.1. The zero-order valence-corrected chi connectivity index (χ0v) is 15.3. The molecule has 1 aliphatic rings. The molecular formula is C21H22ClN3O. The van der Waals surface area contributed by atoms with Gasteiger partial charge in [0.05, 0.1) is 5.52 Å². The highest BCUT2D eigenvalue weighted by atomic mass is 35.5. The summed E-state index contributed by atoms with van der Waals surface area (Å²) in [6.07, 6.45) is 3.21. The van der Waals surface area contributed by atoms with Gasteiger partial charge in [-0.15, -0.1) is 0 Å². The predicted molar refractivity (Wildman–Crippen MR) is 108 cm³/mol. The van der Waals surface area contributed by atoms with Gasteiger partial charge in [0.2, 0.25) is 0 Å². The lowest BCUT2D eigenvalue weighted by Gasteiger charge is -2.15. The van der Waals surface area contributed by atoms with Crippen molar-refractivity contribution in [2.75, 3.05) is 18.4 Å². The average molecular weight is 368 g/mol. The van der Waals surface area contributed by atoms with Crippen LogP contribution < -0.4 is 16.1 Å². The molecule has 4 rings (SSSR count). The number of fused-ring (bicyclic) bond motifs is 2. The van der Waals surface area contributed by atoms with E-state index in [-0.39, 0.29) is 5.43 Å². The number of hydrogen-bond acceptors (Lipinski definition) is 3. The van der Waals surface area contributed by atoms with Crippen LogP contribution in [0, 0.1) is 0 Å². The Labute approximate surface area is 157 Å². The Balaban J connectivity index is 1.29. The molecule has 5 heteroatoms. The first-order valence-electron chi connectivity index (χ1n) is 9.08. The minimum Gasteiger partial charge on any atom is -0.371 e. The Kier molecular flexibility index (Phi) is 4.96. The zero-order chi connectivity index (χ0) is 17.9. The molecule has 0 amide bonds. The number of aryl methyl sites for hydroxylation is 1. The summed E-state index contributed by atoms with van der Waals surface area (Å²) in [5.41, 5.74) is 3.64. The van der Waals surface area contributed by atoms with Crippen molar-refractivity contribution in [1.29, 1.82) is 0 Å². The van der Waals surface area contributed by atoms with Gasteiger partial charge < -0.3 is 15.6 Å². The molecule has 1 unspecified atom stereocenters. The number of pyridine rings is 1. The van der Waals surface area contributed by atoms with E-state index in [0.717, 1.165) is 54.1 Å². The number of rotatable bonds is 6. The van der Waals surface area contributed by atoms with E-state index >= 15 is 0 Å². The number of para-hydroxylation sites is 1. The lowest BCUT2D eigenvalue weighted by molar-refractivity contribution is 0.525. The number of H-pyrrole nitrogens is 1. The van der Waals surface area contributed by atoms with E-state index < -0.39 is 0 Å². The second-order valence-electron chi connectivity index (χ2n) is 6.76. The second-order valence-corrected chi connectivity index (χ2v) is 7.20. The highest BCUT2D eigenvalue weighted by Crippen LogP contribution is 2.32. The van der Waals surface area contributed by atoms with Crippen LogP contribution in [-0.4, -0.2) is 18.1 Å². The van der Waals surface area contributed by atoms with Crippen molar-refractivity contribution in [3.05, 3.63) is 74.9 Å². The molecule has 0 spiro atoms. The summed E-state index contributed by atoms with van der Waals surface area (Å²) in [4.78, 5) is 15.4. The van der Waals surface area contributed by atoms with E-state index in [1.54, 1.807) is 6.07 Å². The normalized spacial score (nSPS) is 16.0. The second kappa shape index (κ2) is 7.52. The lowest BCUT2D eigenvalue weighted by Crippen LogP contribution is -2.22. The van der Waals surface area contributed by atoms with Gasteiger partial charge in [0.15, 0.2) is 5.43 Å². The summed E-state index contributed by atoms with van der Waals surface area (Å²) in [6.45, 7) is 1.72. The van der Waals surface area contributed by atoms with Gasteiger partial charge in [-0.25, -0.2) is 0 Å². The molecule has 26 heavy (non-hydrogen) atoms. The Morgan fingerprint density at radius 1 is 1.12 bits per heavy atom. The molecule has 0 fully saturated rings. The van der Waals surface area contributed by atoms with E-state index in [4.69, 9.17) is 11.6 Å². The number of aromatic nitrogens is 1. The van der Waals surface area contributed by atoms with Crippen LogP contribution in [0.1, 0.15) is 30.0 Å². The van der Waals surface area contributed by atoms with Gasteiger partial charge in [-0.05, 0) is 61.2 Å². The van der Waals surface area contributed by atoms with Crippen LogP contribution in [0.15, 0.2) is 53.3 Å². The van der Waals surface area contributed by atoms with E-state index in [9.17, 15) is 4.79 Å². The number of anilines is 1. The van der Waals surface area contributed by atoms with E-state index in [2.05, 4.69) is 27.8 Å². The summed E-state index contributed by atoms with van der Waals surface area (Å²) in [6, 6.07) is 15.8. The van der Waals surface area contributed by atoms with Crippen molar-refractivity contribution in [2.45, 2.75) is 25.3 Å². The number of halogens is 1. The predicted octanol–water partition coefficient (Wildman–Crippen LogP) is 4.26. The van der Waals surface area contributed by atoms with Gasteiger partial charge >= 0.3 is 0 Å². The molecule has 0 radical (unpaired) electrons. The molecule has 0 bridgehead atoms. The fourth-order valence-corrected chi connectivity index (χ4v) is 3.85. The maximum Gasteiger partial charge on any atom is 0.191 e. The van der Waals surface area contributed by atoms with Gasteiger partial charge in [0, 0.05) is 29.1 Å². The van der Waals surface area contributed by atoms with Crippen LogP contribution in [0.2, 0.25) is 5.02 Å². The number of aromatic amines is 1. The van der Waals surface area contributed by atoms with E-state index in [0.29, 0.717) is 6.04 Å². The monoisotopic (exact) mass is 367 g/mol. The minimum atomic E-state index is 0.0411. The Morgan fingerprint density at radius 3 is 2.92 bits per heavy atom. The molecule has 134 valence electrons. The number of nitrogens with one attached hydrogen (secondary N) is 3. The standard InChI is InChI=1S/C21H22ClN3O/c22-15-8-6-14-7-9-18(17(14)12-15)23-10-3-11-24-21-13-20(26)16-4-1-2-5-19(16)25-21/h1-2,4-6,8,12-13,18,23H,3,7,9-11H2,(H2,24,25,26). The van der Waals surface area contributed by atoms with Crippen molar-refractivity contribution >= 4 is 28.3 Å². The first-order valence-corrected chi connectivity index (χ1v) is 9.46. The third-order valence-electron chi connectivity index (χ3n) is 4.98. The molecule has 1 atom stereocenters. The first kappa shape index (κ1) is 17.1. The van der Waals surface area contributed by atoms with Crippen LogP contribution in [0.25, 0.3) is 10.9 Å². The summed E-state index contributed by atoms with van der Waals surface area (Å²) >= 11 is 6.13. The van der Waals surface area contributed by atoms with Gasteiger partial charge in [-0.1, -0.05) is 29.8 Å². The summed E-state index contributed by atoms with van der Waals surface area (Å²) in [5.74, 6) is 0.770. The fraction of sp³-hybridized carbons (Fsp3) is 0.286. The number of benzene rings is 2. The molecule has 3 aromatic rings. The van der Waals surface area contributed by atoms with Gasteiger partial charge in [-0.2, -0.15) is 0 Å². The summed E-state index contributed by atoms with van der Waals surface area (Å²) in [5, 5.41) is 8.46. The van der Waals surface area contributed by atoms with Crippen LogP contribution in [0.5, 0.6) is 0 Å².